The Hall–Kier alpha value is -2.62. The number of carboxylic acids is 1. The maximum Gasteiger partial charge on any atom is 0.336 e. The van der Waals surface area contributed by atoms with E-state index < -0.39 is 5.97 Å². The smallest absolute Gasteiger partial charge is 0.336 e. The Morgan fingerprint density at radius 3 is 2.47 bits per heavy atom. The van der Waals surface area contributed by atoms with Crippen molar-refractivity contribution in [1.29, 1.82) is 0 Å². The second kappa shape index (κ2) is 5.82. The molecule has 19 heavy (non-hydrogen) atoms. The van der Waals surface area contributed by atoms with Gasteiger partial charge in [-0.25, -0.2) is 9.78 Å². The average Bonchev–Trinajstić information content (AvgIpc) is 2.90. The minimum atomic E-state index is -0.878. The number of carboxylic acid groups (broad SMARTS) is 1. The third kappa shape index (κ3) is 3.19. The molecular formula is C15H14N2O2. The highest BCUT2D eigenvalue weighted by atomic mass is 16.4. The van der Waals surface area contributed by atoms with Crippen LogP contribution in [0.1, 0.15) is 16.2 Å². The fourth-order valence-corrected chi connectivity index (χ4v) is 1.76. The van der Waals surface area contributed by atoms with E-state index in [1.54, 1.807) is 24.5 Å². The van der Waals surface area contributed by atoms with E-state index in [1.807, 2.05) is 37.3 Å². The molecule has 2 N–H and O–H groups in total. The first-order chi connectivity index (χ1) is 9.18. The zero-order valence-electron chi connectivity index (χ0n) is 10.5. The number of aryl methyl sites for hydroxylation is 1. The number of hydrogen-bond acceptors (Lipinski definition) is 2. The summed E-state index contributed by atoms with van der Waals surface area (Å²) < 4.78 is 0. The maximum atomic E-state index is 10.8. The predicted molar refractivity (Wildman–Crippen MR) is 74.2 cm³/mol. The number of aromatic nitrogens is 2. The van der Waals surface area contributed by atoms with Gasteiger partial charge in [0.15, 0.2) is 0 Å². The highest BCUT2D eigenvalue weighted by Gasteiger charge is 2.05. The van der Waals surface area contributed by atoms with Crippen molar-refractivity contribution in [3.05, 3.63) is 66.2 Å². The van der Waals surface area contributed by atoms with Crippen LogP contribution >= 0.6 is 0 Å². The second-order valence-corrected chi connectivity index (χ2v) is 4.01. The van der Waals surface area contributed by atoms with Gasteiger partial charge in [-0.05, 0) is 23.8 Å². The first-order valence-electron chi connectivity index (χ1n) is 5.85. The molecule has 0 bridgehead atoms. The lowest BCUT2D eigenvalue weighted by Gasteiger charge is -2.00. The summed E-state index contributed by atoms with van der Waals surface area (Å²) in [5, 5.41) is 10.6. The molecule has 3 rings (SSSR count). The lowest BCUT2D eigenvalue weighted by atomic mass is 10.1. The van der Waals surface area contributed by atoms with Gasteiger partial charge in [-0.15, -0.1) is 0 Å². The standard InChI is InChI=1S/C11H8O2.C4H6N2/c12-11(13)10-7-3-5-8-4-1-2-6-9(8)10;1-4-5-2-3-6-4/h1-7H,(H,12,13);2-3H,1H3,(H,5,6). The van der Waals surface area contributed by atoms with Crippen LogP contribution in [0.25, 0.3) is 10.8 Å². The van der Waals surface area contributed by atoms with Crippen molar-refractivity contribution in [2.75, 3.05) is 0 Å². The van der Waals surface area contributed by atoms with E-state index in [9.17, 15) is 4.79 Å². The molecule has 0 unspecified atom stereocenters. The monoisotopic (exact) mass is 254 g/mol. The third-order valence-corrected chi connectivity index (χ3v) is 2.65. The molecule has 0 aliphatic heterocycles. The number of H-pyrrole nitrogens is 1. The van der Waals surface area contributed by atoms with Crippen molar-refractivity contribution in [3.8, 4) is 0 Å². The summed E-state index contributed by atoms with van der Waals surface area (Å²) in [4.78, 5) is 17.6. The fraction of sp³-hybridized carbons (Fsp3) is 0.0667. The Morgan fingerprint density at radius 1 is 1.16 bits per heavy atom. The number of nitrogens with one attached hydrogen (secondary N) is 1. The van der Waals surface area contributed by atoms with E-state index in [0.29, 0.717) is 5.56 Å². The number of hydrogen-bond donors (Lipinski definition) is 2. The maximum absolute atomic E-state index is 10.8. The van der Waals surface area contributed by atoms with E-state index in [-0.39, 0.29) is 0 Å². The molecule has 4 heteroatoms. The zero-order valence-corrected chi connectivity index (χ0v) is 10.5. The molecule has 96 valence electrons. The van der Waals surface area contributed by atoms with Crippen LogP contribution in [-0.2, 0) is 0 Å². The number of aromatic carboxylic acids is 1. The Balaban J connectivity index is 0.000000186. The van der Waals surface area contributed by atoms with Crippen LogP contribution in [0.15, 0.2) is 54.9 Å². The highest BCUT2D eigenvalue weighted by molar-refractivity contribution is 6.03. The van der Waals surface area contributed by atoms with Crippen molar-refractivity contribution in [2.24, 2.45) is 0 Å². The SMILES string of the molecule is Cc1ncc[nH]1.O=C(O)c1cccc2ccccc12. The number of aromatic amines is 1. The summed E-state index contributed by atoms with van der Waals surface area (Å²) in [6.07, 6.45) is 3.53. The first-order valence-corrected chi connectivity index (χ1v) is 5.85. The normalized spacial score (nSPS) is 9.74. The molecular weight excluding hydrogens is 240 g/mol. The minimum Gasteiger partial charge on any atom is -0.478 e. The summed E-state index contributed by atoms with van der Waals surface area (Å²) in [6.45, 7) is 1.92. The summed E-state index contributed by atoms with van der Waals surface area (Å²) in [6, 6.07) is 12.7. The molecule has 0 aliphatic rings. The highest BCUT2D eigenvalue weighted by Crippen LogP contribution is 2.17. The minimum absolute atomic E-state index is 0.359. The molecule has 0 saturated carbocycles. The van der Waals surface area contributed by atoms with Crippen molar-refractivity contribution in [2.45, 2.75) is 6.92 Å². The number of imidazole rings is 1. The Bertz CT molecular complexity index is 670. The number of benzene rings is 2. The second-order valence-electron chi connectivity index (χ2n) is 4.01. The van der Waals surface area contributed by atoms with Crippen LogP contribution in [-0.4, -0.2) is 21.0 Å². The van der Waals surface area contributed by atoms with Gasteiger partial charge in [-0.2, -0.15) is 0 Å². The van der Waals surface area contributed by atoms with Crippen LogP contribution < -0.4 is 0 Å². The van der Waals surface area contributed by atoms with Crippen LogP contribution in [0.4, 0.5) is 0 Å². The molecule has 0 fully saturated rings. The molecule has 2 aromatic carbocycles. The molecule has 1 heterocycles. The van der Waals surface area contributed by atoms with E-state index >= 15 is 0 Å². The zero-order chi connectivity index (χ0) is 13.7. The third-order valence-electron chi connectivity index (χ3n) is 2.65. The van der Waals surface area contributed by atoms with Gasteiger partial charge in [0.25, 0.3) is 0 Å². The van der Waals surface area contributed by atoms with Crippen molar-refractivity contribution >= 4 is 16.7 Å². The van der Waals surface area contributed by atoms with Crippen molar-refractivity contribution in [3.63, 3.8) is 0 Å². The van der Waals surface area contributed by atoms with Crippen LogP contribution in [0.5, 0.6) is 0 Å². The molecule has 0 saturated heterocycles. The topological polar surface area (TPSA) is 66.0 Å². The van der Waals surface area contributed by atoms with Gasteiger partial charge in [0, 0.05) is 12.4 Å². The lowest BCUT2D eigenvalue weighted by Crippen LogP contribution is -1.96. The lowest BCUT2D eigenvalue weighted by molar-refractivity contribution is 0.0699. The van der Waals surface area contributed by atoms with Gasteiger partial charge >= 0.3 is 5.97 Å². The van der Waals surface area contributed by atoms with E-state index in [1.165, 1.54) is 0 Å². The molecule has 0 radical (unpaired) electrons. The van der Waals surface area contributed by atoms with Crippen LogP contribution in [0, 0.1) is 6.92 Å². The van der Waals surface area contributed by atoms with Crippen LogP contribution in [0.3, 0.4) is 0 Å². The summed E-state index contributed by atoms with van der Waals surface area (Å²) >= 11 is 0. The largest absolute Gasteiger partial charge is 0.478 e. The number of fused-ring (bicyclic) bond motifs is 1. The van der Waals surface area contributed by atoms with Gasteiger partial charge in [0.1, 0.15) is 5.82 Å². The van der Waals surface area contributed by atoms with Gasteiger partial charge in [0.2, 0.25) is 0 Å². The quantitative estimate of drug-likeness (QED) is 0.700. The van der Waals surface area contributed by atoms with Gasteiger partial charge in [0.05, 0.1) is 5.56 Å². The molecule has 0 atom stereocenters. The van der Waals surface area contributed by atoms with E-state index in [2.05, 4.69) is 9.97 Å². The van der Waals surface area contributed by atoms with E-state index in [0.717, 1.165) is 16.6 Å². The molecule has 0 spiro atoms. The summed E-state index contributed by atoms with van der Waals surface area (Å²) in [7, 11) is 0. The fourth-order valence-electron chi connectivity index (χ4n) is 1.76. The van der Waals surface area contributed by atoms with E-state index in [4.69, 9.17) is 5.11 Å². The molecule has 3 aromatic rings. The molecule has 4 nitrogen and oxygen atoms in total. The van der Waals surface area contributed by atoms with Crippen LogP contribution in [0.2, 0.25) is 0 Å². The molecule has 0 amide bonds. The Kier molecular flexibility index (Phi) is 3.93. The Morgan fingerprint density at radius 2 is 1.89 bits per heavy atom. The average molecular weight is 254 g/mol. The number of nitrogens with zero attached hydrogens (tertiary/aromatic N) is 1. The van der Waals surface area contributed by atoms with Gasteiger partial charge in [-0.3, -0.25) is 0 Å². The molecule has 0 aliphatic carbocycles. The van der Waals surface area contributed by atoms with Crippen molar-refractivity contribution in [1.82, 2.24) is 9.97 Å². The number of rotatable bonds is 1. The summed E-state index contributed by atoms with van der Waals surface area (Å²) in [5.41, 5.74) is 0.359. The first kappa shape index (κ1) is 12.8. The van der Waals surface area contributed by atoms with Gasteiger partial charge < -0.3 is 10.1 Å². The summed E-state index contributed by atoms with van der Waals surface area (Å²) in [5.74, 6) is 0.0896. The Labute approximate surface area is 110 Å². The predicted octanol–water partition coefficient (Wildman–Crippen LogP) is 3.26. The number of carbonyl (C=O) groups is 1. The molecule has 1 aromatic heterocycles. The van der Waals surface area contributed by atoms with Crippen molar-refractivity contribution < 1.29 is 9.90 Å². The van der Waals surface area contributed by atoms with Gasteiger partial charge in [-0.1, -0.05) is 36.4 Å².